The number of rotatable bonds is 3. The minimum atomic E-state index is -0.243. The fourth-order valence-electron chi connectivity index (χ4n) is 1.96. The fourth-order valence-corrected chi connectivity index (χ4v) is 4.11. The molecule has 106 valence electrons. The standard InChI is InChI=1S/C15H11Br2N3S/c16-11-6-10(7-12(17)8-11)14-19-20-15(21-14)13(18)9-4-2-1-3-5-9/h1-8,13H,18H2. The van der Waals surface area contributed by atoms with Crippen molar-refractivity contribution in [3.8, 4) is 10.6 Å². The van der Waals surface area contributed by atoms with Gasteiger partial charge in [-0.15, -0.1) is 10.2 Å². The van der Waals surface area contributed by atoms with Crippen molar-refractivity contribution in [2.24, 2.45) is 5.73 Å². The third-order valence-electron chi connectivity index (χ3n) is 2.97. The van der Waals surface area contributed by atoms with Gasteiger partial charge in [-0.25, -0.2) is 0 Å². The predicted octanol–water partition coefficient (Wildman–Crippen LogP) is 4.78. The van der Waals surface area contributed by atoms with Crippen LogP contribution in [-0.4, -0.2) is 10.2 Å². The van der Waals surface area contributed by atoms with E-state index in [1.54, 1.807) is 0 Å². The molecule has 0 spiro atoms. The molecule has 6 heteroatoms. The third-order valence-corrected chi connectivity index (χ3v) is 4.95. The van der Waals surface area contributed by atoms with Crippen LogP contribution in [0.25, 0.3) is 10.6 Å². The van der Waals surface area contributed by atoms with Crippen LogP contribution in [0.4, 0.5) is 0 Å². The van der Waals surface area contributed by atoms with E-state index in [1.165, 1.54) is 11.3 Å². The van der Waals surface area contributed by atoms with Crippen LogP contribution in [0.1, 0.15) is 16.6 Å². The van der Waals surface area contributed by atoms with E-state index < -0.39 is 0 Å². The molecule has 2 aromatic carbocycles. The van der Waals surface area contributed by atoms with E-state index in [2.05, 4.69) is 42.1 Å². The summed E-state index contributed by atoms with van der Waals surface area (Å²) in [6, 6.07) is 15.7. The van der Waals surface area contributed by atoms with Crippen LogP contribution < -0.4 is 5.73 Å². The Balaban J connectivity index is 1.93. The maximum Gasteiger partial charge on any atom is 0.147 e. The quantitative estimate of drug-likeness (QED) is 0.658. The van der Waals surface area contributed by atoms with E-state index in [4.69, 9.17) is 5.73 Å². The minimum absolute atomic E-state index is 0.243. The highest BCUT2D eigenvalue weighted by Gasteiger charge is 2.15. The second-order valence-corrected chi connectivity index (χ2v) is 7.33. The molecule has 0 aliphatic rings. The van der Waals surface area contributed by atoms with Crippen LogP contribution in [0.2, 0.25) is 0 Å². The summed E-state index contributed by atoms with van der Waals surface area (Å²) in [6.45, 7) is 0. The number of hydrogen-bond donors (Lipinski definition) is 1. The first-order valence-corrected chi connectivity index (χ1v) is 8.64. The highest BCUT2D eigenvalue weighted by molar-refractivity contribution is 9.11. The van der Waals surface area contributed by atoms with Gasteiger partial charge in [0.15, 0.2) is 0 Å². The molecule has 1 heterocycles. The predicted molar refractivity (Wildman–Crippen MR) is 93.2 cm³/mol. The lowest BCUT2D eigenvalue weighted by molar-refractivity contribution is 0.831. The second kappa shape index (κ2) is 6.36. The van der Waals surface area contributed by atoms with Gasteiger partial charge in [0.05, 0.1) is 6.04 Å². The summed E-state index contributed by atoms with van der Waals surface area (Å²) in [5.74, 6) is 0. The number of benzene rings is 2. The lowest BCUT2D eigenvalue weighted by atomic mass is 10.1. The Kier molecular flexibility index (Phi) is 4.49. The first-order chi connectivity index (χ1) is 10.1. The van der Waals surface area contributed by atoms with E-state index in [1.807, 2.05) is 48.5 Å². The minimum Gasteiger partial charge on any atom is -0.318 e. The van der Waals surface area contributed by atoms with E-state index >= 15 is 0 Å². The molecule has 2 N–H and O–H groups in total. The normalized spacial score (nSPS) is 12.3. The summed E-state index contributed by atoms with van der Waals surface area (Å²) in [7, 11) is 0. The molecule has 1 aromatic heterocycles. The highest BCUT2D eigenvalue weighted by Crippen LogP contribution is 2.32. The molecule has 1 atom stereocenters. The summed E-state index contributed by atoms with van der Waals surface area (Å²) >= 11 is 8.49. The van der Waals surface area contributed by atoms with E-state index in [-0.39, 0.29) is 6.04 Å². The number of aromatic nitrogens is 2. The zero-order valence-electron chi connectivity index (χ0n) is 10.8. The third kappa shape index (κ3) is 3.40. The van der Waals surface area contributed by atoms with Crippen LogP contribution in [-0.2, 0) is 0 Å². The number of nitrogens with zero attached hydrogens (tertiary/aromatic N) is 2. The zero-order chi connectivity index (χ0) is 14.8. The summed E-state index contributed by atoms with van der Waals surface area (Å²) in [5, 5.41) is 10.2. The molecule has 3 rings (SSSR count). The second-order valence-electron chi connectivity index (χ2n) is 4.49. The van der Waals surface area contributed by atoms with Gasteiger partial charge < -0.3 is 5.73 Å². The number of nitrogens with two attached hydrogens (primary N) is 1. The molecule has 0 fully saturated rings. The van der Waals surface area contributed by atoms with Crippen molar-refractivity contribution < 1.29 is 0 Å². The molecule has 0 radical (unpaired) electrons. The Hall–Kier alpha value is -1.08. The lowest BCUT2D eigenvalue weighted by Gasteiger charge is -2.07. The van der Waals surface area contributed by atoms with Crippen molar-refractivity contribution in [3.05, 3.63) is 68.0 Å². The Morgan fingerprint density at radius 1 is 0.952 bits per heavy atom. The Morgan fingerprint density at radius 2 is 1.62 bits per heavy atom. The van der Waals surface area contributed by atoms with E-state index in [0.29, 0.717) is 0 Å². The van der Waals surface area contributed by atoms with Gasteiger partial charge in [0, 0.05) is 14.5 Å². The van der Waals surface area contributed by atoms with Crippen molar-refractivity contribution in [1.29, 1.82) is 0 Å². The van der Waals surface area contributed by atoms with Crippen molar-refractivity contribution >= 4 is 43.2 Å². The van der Waals surface area contributed by atoms with Gasteiger partial charge in [-0.2, -0.15) is 0 Å². The van der Waals surface area contributed by atoms with Gasteiger partial charge >= 0.3 is 0 Å². The number of hydrogen-bond acceptors (Lipinski definition) is 4. The molecule has 1 unspecified atom stereocenters. The molecular weight excluding hydrogens is 414 g/mol. The summed E-state index contributed by atoms with van der Waals surface area (Å²) in [5.41, 5.74) is 8.31. The summed E-state index contributed by atoms with van der Waals surface area (Å²) in [4.78, 5) is 0. The first kappa shape index (κ1) is 14.8. The van der Waals surface area contributed by atoms with Crippen molar-refractivity contribution in [2.45, 2.75) is 6.04 Å². The number of halogens is 2. The van der Waals surface area contributed by atoms with Crippen LogP contribution in [0.15, 0.2) is 57.5 Å². The van der Waals surface area contributed by atoms with Crippen LogP contribution in [0.5, 0.6) is 0 Å². The van der Waals surface area contributed by atoms with Gasteiger partial charge in [-0.05, 0) is 23.8 Å². The average Bonchev–Trinajstić information content (AvgIpc) is 2.96. The largest absolute Gasteiger partial charge is 0.318 e. The molecule has 0 amide bonds. The molecule has 3 nitrogen and oxygen atoms in total. The Labute approximate surface area is 143 Å². The van der Waals surface area contributed by atoms with Crippen LogP contribution in [0.3, 0.4) is 0 Å². The van der Waals surface area contributed by atoms with Gasteiger partial charge in [-0.1, -0.05) is 73.5 Å². The molecule has 21 heavy (non-hydrogen) atoms. The Bertz CT molecular complexity index is 738. The monoisotopic (exact) mass is 423 g/mol. The van der Waals surface area contributed by atoms with E-state index in [0.717, 1.165) is 30.1 Å². The Morgan fingerprint density at radius 3 is 2.29 bits per heavy atom. The maximum atomic E-state index is 6.26. The lowest BCUT2D eigenvalue weighted by Crippen LogP contribution is -2.11. The molecule has 0 saturated heterocycles. The van der Waals surface area contributed by atoms with Crippen molar-refractivity contribution in [1.82, 2.24) is 10.2 Å². The van der Waals surface area contributed by atoms with Gasteiger partial charge in [0.25, 0.3) is 0 Å². The topological polar surface area (TPSA) is 51.8 Å². The van der Waals surface area contributed by atoms with Gasteiger partial charge in [0.1, 0.15) is 10.0 Å². The smallest absolute Gasteiger partial charge is 0.147 e. The van der Waals surface area contributed by atoms with Crippen LogP contribution >= 0.6 is 43.2 Å². The van der Waals surface area contributed by atoms with Gasteiger partial charge in [-0.3, -0.25) is 0 Å². The molecule has 0 saturated carbocycles. The van der Waals surface area contributed by atoms with E-state index in [9.17, 15) is 0 Å². The summed E-state index contributed by atoms with van der Waals surface area (Å²) in [6.07, 6.45) is 0. The molecule has 0 aliphatic carbocycles. The fraction of sp³-hybridized carbons (Fsp3) is 0.0667. The molecule has 3 aromatic rings. The molecule has 0 aliphatic heterocycles. The van der Waals surface area contributed by atoms with Crippen molar-refractivity contribution in [3.63, 3.8) is 0 Å². The molecule has 0 bridgehead atoms. The zero-order valence-corrected chi connectivity index (χ0v) is 14.8. The SMILES string of the molecule is NC(c1ccccc1)c1nnc(-c2cc(Br)cc(Br)c2)s1. The van der Waals surface area contributed by atoms with Crippen LogP contribution in [0, 0.1) is 0 Å². The maximum absolute atomic E-state index is 6.26. The molecular formula is C15H11Br2N3S. The first-order valence-electron chi connectivity index (χ1n) is 6.24. The van der Waals surface area contributed by atoms with Gasteiger partial charge in [0.2, 0.25) is 0 Å². The van der Waals surface area contributed by atoms with Crippen molar-refractivity contribution in [2.75, 3.05) is 0 Å². The highest BCUT2D eigenvalue weighted by atomic mass is 79.9. The average molecular weight is 425 g/mol. The summed E-state index contributed by atoms with van der Waals surface area (Å²) < 4.78 is 1.99.